The monoisotopic (exact) mass is 254 g/mol. The van der Waals surface area contributed by atoms with Crippen LogP contribution in [0.4, 0.5) is 0 Å². The lowest BCUT2D eigenvalue weighted by atomic mass is 10.0. The molecule has 0 radical (unpaired) electrons. The van der Waals surface area contributed by atoms with E-state index in [1.165, 1.54) is 36.5 Å². The van der Waals surface area contributed by atoms with Crippen molar-refractivity contribution in [3.05, 3.63) is 0 Å². The first-order valence-electron chi connectivity index (χ1n) is 4.37. The van der Waals surface area contributed by atoms with Gasteiger partial charge in [-0.3, -0.25) is 0 Å². The summed E-state index contributed by atoms with van der Waals surface area (Å²) in [6.45, 7) is 4.61. The minimum absolute atomic E-state index is 0.942. The number of rotatable bonds is 6. The van der Waals surface area contributed by atoms with Crippen LogP contribution in [0.5, 0.6) is 0 Å². The number of alkyl halides is 1. The van der Waals surface area contributed by atoms with E-state index < -0.39 is 0 Å². The van der Waals surface area contributed by atoms with E-state index in [1.807, 2.05) is 0 Å². The molecule has 0 saturated heterocycles. The Hall–Kier alpha value is 0.730. The van der Waals surface area contributed by atoms with E-state index in [-0.39, 0.29) is 0 Å². The SMILES string of the molecule is CCCCCC[C@H](C)CI. The first-order chi connectivity index (χ1) is 4.81. The quantitative estimate of drug-likeness (QED) is 0.381. The van der Waals surface area contributed by atoms with Crippen molar-refractivity contribution in [1.29, 1.82) is 0 Å². The topological polar surface area (TPSA) is 0 Å². The Morgan fingerprint density at radius 2 is 1.90 bits per heavy atom. The lowest BCUT2D eigenvalue weighted by Gasteiger charge is -2.05. The van der Waals surface area contributed by atoms with Crippen LogP contribution < -0.4 is 0 Å². The fourth-order valence-corrected chi connectivity index (χ4v) is 1.44. The van der Waals surface area contributed by atoms with E-state index in [2.05, 4.69) is 36.4 Å². The molecule has 10 heavy (non-hydrogen) atoms. The zero-order valence-electron chi connectivity index (χ0n) is 7.20. The molecule has 1 atom stereocenters. The van der Waals surface area contributed by atoms with E-state index in [4.69, 9.17) is 0 Å². The Morgan fingerprint density at radius 1 is 1.20 bits per heavy atom. The summed E-state index contributed by atoms with van der Waals surface area (Å²) >= 11 is 2.47. The maximum atomic E-state index is 2.47. The smallest absolute Gasteiger partial charge is 0.00210 e. The molecule has 0 heterocycles. The molecule has 0 N–H and O–H groups in total. The second kappa shape index (κ2) is 7.83. The molecule has 0 aliphatic rings. The maximum Gasteiger partial charge on any atom is 0.00210 e. The van der Waals surface area contributed by atoms with Crippen molar-refractivity contribution in [1.82, 2.24) is 0 Å². The van der Waals surface area contributed by atoms with Gasteiger partial charge in [0.2, 0.25) is 0 Å². The zero-order chi connectivity index (χ0) is 7.82. The highest BCUT2D eigenvalue weighted by Gasteiger charge is 1.97. The van der Waals surface area contributed by atoms with Crippen LogP contribution >= 0.6 is 22.6 Å². The van der Waals surface area contributed by atoms with Gasteiger partial charge in [-0.05, 0) is 12.3 Å². The molecule has 0 saturated carbocycles. The Morgan fingerprint density at radius 3 is 2.40 bits per heavy atom. The Balaban J connectivity index is 2.89. The van der Waals surface area contributed by atoms with Crippen LogP contribution in [0.25, 0.3) is 0 Å². The minimum Gasteiger partial charge on any atom is -0.0861 e. The van der Waals surface area contributed by atoms with Crippen LogP contribution in [0.15, 0.2) is 0 Å². The molecular formula is C9H19I. The van der Waals surface area contributed by atoms with Crippen molar-refractivity contribution in [2.75, 3.05) is 4.43 Å². The number of hydrogen-bond donors (Lipinski definition) is 0. The van der Waals surface area contributed by atoms with Gasteiger partial charge in [-0.15, -0.1) is 0 Å². The third-order valence-corrected chi connectivity index (χ3v) is 3.32. The van der Waals surface area contributed by atoms with Gasteiger partial charge in [0.25, 0.3) is 0 Å². The maximum absolute atomic E-state index is 2.47. The van der Waals surface area contributed by atoms with E-state index >= 15 is 0 Å². The van der Waals surface area contributed by atoms with Crippen molar-refractivity contribution in [3.8, 4) is 0 Å². The van der Waals surface area contributed by atoms with Crippen LogP contribution in [0.2, 0.25) is 0 Å². The summed E-state index contributed by atoms with van der Waals surface area (Å²) in [6.07, 6.45) is 7.10. The van der Waals surface area contributed by atoms with Gasteiger partial charge in [0.15, 0.2) is 0 Å². The first kappa shape index (κ1) is 10.7. The number of unbranched alkanes of at least 4 members (excludes halogenated alkanes) is 3. The number of halogens is 1. The predicted molar refractivity (Wildman–Crippen MR) is 56.8 cm³/mol. The number of hydrogen-bond acceptors (Lipinski definition) is 0. The summed E-state index contributed by atoms with van der Waals surface area (Å²) in [7, 11) is 0. The Kier molecular flexibility index (Phi) is 8.40. The standard InChI is InChI=1S/C9H19I/c1-3-4-5-6-7-9(2)8-10/h9H,3-8H2,1-2H3/t9-/m0/s1. The second-order valence-electron chi connectivity index (χ2n) is 3.11. The summed E-state index contributed by atoms with van der Waals surface area (Å²) in [4.78, 5) is 0. The molecule has 0 aliphatic carbocycles. The van der Waals surface area contributed by atoms with Gasteiger partial charge in [0, 0.05) is 4.43 Å². The summed E-state index contributed by atoms with van der Waals surface area (Å²) in [6, 6.07) is 0. The van der Waals surface area contributed by atoms with Gasteiger partial charge in [-0.2, -0.15) is 0 Å². The highest BCUT2D eigenvalue weighted by molar-refractivity contribution is 14.1. The summed E-state index contributed by atoms with van der Waals surface area (Å²) < 4.78 is 1.32. The van der Waals surface area contributed by atoms with Crippen molar-refractivity contribution in [2.24, 2.45) is 5.92 Å². The molecule has 0 fully saturated rings. The van der Waals surface area contributed by atoms with Crippen LogP contribution in [0, 0.1) is 5.92 Å². The van der Waals surface area contributed by atoms with Gasteiger partial charge in [0.1, 0.15) is 0 Å². The highest BCUT2D eigenvalue weighted by Crippen LogP contribution is 2.12. The van der Waals surface area contributed by atoms with Crippen LogP contribution in [0.3, 0.4) is 0 Å². The molecule has 62 valence electrons. The van der Waals surface area contributed by atoms with Crippen LogP contribution in [-0.2, 0) is 0 Å². The van der Waals surface area contributed by atoms with Crippen molar-refractivity contribution in [2.45, 2.75) is 46.0 Å². The van der Waals surface area contributed by atoms with E-state index in [0.29, 0.717) is 0 Å². The van der Waals surface area contributed by atoms with Gasteiger partial charge < -0.3 is 0 Å². The van der Waals surface area contributed by atoms with E-state index in [0.717, 1.165) is 5.92 Å². The first-order valence-corrected chi connectivity index (χ1v) is 5.89. The van der Waals surface area contributed by atoms with Crippen LogP contribution in [0.1, 0.15) is 46.0 Å². The molecule has 0 unspecified atom stereocenters. The largest absolute Gasteiger partial charge is 0.0861 e. The molecule has 0 amide bonds. The third-order valence-electron chi connectivity index (χ3n) is 1.81. The fourth-order valence-electron chi connectivity index (χ4n) is 0.997. The highest BCUT2D eigenvalue weighted by atomic mass is 127. The third kappa shape index (κ3) is 6.84. The lowest BCUT2D eigenvalue weighted by molar-refractivity contribution is 0.535. The van der Waals surface area contributed by atoms with E-state index in [9.17, 15) is 0 Å². The lowest BCUT2D eigenvalue weighted by Crippen LogP contribution is -1.94. The second-order valence-corrected chi connectivity index (χ2v) is 3.99. The fraction of sp³-hybridized carbons (Fsp3) is 1.00. The molecule has 0 rings (SSSR count). The van der Waals surface area contributed by atoms with Gasteiger partial charge >= 0.3 is 0 Å². The average Bonchev–Trinajstić information content (AvgIpc) is 1.98. The Labute approximate surface area is 78.9 Å². The zero-order valence-corrected chi connectivity index (χ0v) is 9.36. The van der Waals surface area contributed by atoms with Crippen molar-refractivity contribution in [3.63, 3.8) is 0 Å². The van der Waals surface area contributed by atoms with Gasteiger partial charge in [-0.1, -0.05) is 62.1 Å². The minimum atomic E-state index is 0.942. The van der Waals surface area contributed by atoms with Crippen LogP contribution in [-0.4, -0.2) is 4.43 Å². The van der Waals surface area contributed by atoms with Gasteiger partial charge in [0.05, 0.1) is 0 Å². The molecular weight excluding hydrogens is 235 g/mol. The van der Waals surface area contributed by atoms with Gasteiger partial charge in [-0.25, -0.2) is 0 Å². The predicted octanol–water partition coefficient (Wildman–Crippen LogP) is 4.03. The molecule has 0 aromatic rings. The molecule has 0 aromatic carbocycles. The summed E-state index contributed by atoms with van der Waals surface area (Å²) in [5.41, 5.74) is 0. The van der Waals surface area contributed by atoms with E-state index in [1.54, 1.807) is 0 Å². The summed E-state index contributed by atoms with van der Waals surface area (Å²) in [5.74, 6) is 0.942. The van der Waals surface area contributed by atoms with Crippen molar-refractivity contribution < 1.29 is 0 Å². The molecule has 0 aromatic heterocycles. The molecule has 0 bridgehead atoms. The normalized spacial score (nSPS) is 13.5. The molecule has 0 nitrogen and oxygen atoms in total. The summed E-state index contributed by atoms with van der Waals surface area (Å²) in [5, 5.41) is 0. The average molecular weight is 254 g/mol. The van der Waals surface area contributed by atoms with Crippen molar-refractivity contribution >= 4 is 22.6 Å². The molecule has 0 spiro atoms. The molecule has 1 heteroatoms. The molecule has 0 aliphatic heterocycles. The Bertz CT molecular complexity index is 61.7.